The molecule has 64 valence electrons. The van der Waals surface area contributed by atoms with Gasteiger partial charge >= 0.3 is 6.03 Å². The summed E-state index contributed by atoms with van der Waals surface area (Å²) in [6.45, 7) is 7.02. The molecule has 0 unspecified atom stereocenters. The lowest BCUT2D eigenvalue weighted by Gasteiger charge is -2.19. The van der Waals surface area contributed by atoms with E-state index in [1.54, 1.807) is 18.0 Å². The molecule has 0 aromatic rings. The highest BCUT2D eigenvalue weighted by Gasteiger charge is 2.06. The van der Waals surface area contributed by atoms with Gasteiger partial charge in [-0.25, -0.2) is 4.79 Å². The van der Waals surface area contributed by atoms with Crippen molar-refractivity contribution < 1.29 is 4.79 Å². The standard InChI is InChI=1S/C8H16N2O/c1-4-6-10(7-5-2)8(11)9-3/h4H,1,5-7H2,2-3H3,(H,9,11). The third-order valence-electron chi connectivity index (χ3n) is 1.34. The van der Waals surface area contributed by atoms with E-state index in [0.29, 0.717) is 6.54 Å². The van der Waals surface area contributed by atoms with Crippen molar-refractivity contribution in [2.45, 2.75) is 13.3 Å². The van der Waals surface area contributed by atoms with Crippen molar-refractivity contribution in [3.63, 3.8) is 0 Å². The molecule has 0 aliphatic heterocycles. The van der Waals surface area contributed by atoms with Gasteiger partial charge in [0.05, 0.1) is 0 Å². The number of carbonyl (C=O) groups is 1. The van der Waals surface area contributed by atoms with Crippen LogP contribution in [0.1, 0.15) is 13.3 Å². The second kappa shape index (κ2) is 5.77. The Labute approximate surface area is 68.1 Å². The first kappa shape index (κ1) is 10.0. The Morgan fingerprint density at radius 1 is 1.73 bits per heavy atom. The lowest BCUT2D eigenvalue weighted by atomic mass is 10.4. The number of carbonyl (C=O) groups excluding carboxylic acids is 1. The molecule has 0 heterocycles. The average molecular weight is 156 g/mol. The Balaban J connectivity index is 3.86. The molecule has 3 heteroatoms. The van der Waals surface area contributed by atoms with Gasteiger partial charge in [0.1, 0.15) is 0 Å². The minimum absolute atomic E-state index is 0.0354. The maximum absolute atomic E-state index is 11.1. The van der Waals surface area contributed by atoms with Crippen molar-refractivity contribution in [2.75, 3.05) is 20.1 Å². The molecule has 0 rings (SSSR count). The van der Waals surface area contributed by atoms with Crippen LogP contribution in [-0.2, 0) is 0 Å². The van der Waals surface area contributed by atoms with E-state index in [4.69, 9.17) is 0 Å². The van der Waals surface area contributed by atoms with Crippen molar-refractivity contribution in [1.82, 2.24) is 10.2 Å². The van der Waals surface area contributed by atoms with Crippen LogP contribution >= 0.6 is 0 Å². The fourth-order valence-corrected chi connectivity index (χ4v) is 0.860. The van der Waals surface area contributed by atoms with Gasteiger partial charge < -0.3 is 10.2 Å². The Morgan fingerprint density at radius 2 is 2.36 bits per heavy atom. The lowest BCUT2D eigenvalue weighted by molar-refractivity contribution is 0.205. The normalized spacial score (nSPS) is 8.91. The Morgan fingerprint density at radius 3 is 2.73 bits per heavy atom. The van der Waals surface area contributed by atoms with Crippen LogP contribution in [0, 0.1) is 0 Å². The van der Waals surface area contributed by atoms with Crippen molar-refractivity contribution in [2.24, 2.45) is 0 Å². The van der Waals surface area contributed by atoms with Crippen LogP contribution in [0.5, 0.6) is 0 Å². The largest absolute Gasteiger partial charge is 0.341 e. The van der Waals surface area contributed by atoms with Gasteiger partial charge in [-0.1, -0.05) is 13.0 Å². The van der Waals surface area contributed by atoms with E-state index in [9.17, 15) is 4.79 Å². The number of nitrogens with zero attached hydrogens (tertiary/aromatic N) is 1. The van der Waals surface area contributed by atoms with Crippen LogP contribution in [0.25, 0.3) is 0 Å². The molecular formula is C8H16N2O. The van der Waals surface area contributed by atoms with Crippen LogP contribution in [-0.4, -0.2) is 31.1 Å². The van der Waals surface area contributed by atoms with Gasteiger partial charge in [0.15, 0.2) is 0 Å². The summed E-state index contributed by atoms with van der Waals surface area (Å²) in [7, 11) is 1.63. The average Bonchev–Trinajstić information content (AvgIpc) is 2.03. The molecule has 0 bridgehead atoms. The zero-order chi connectivity index (χ0) is 8.69. The van der Waals surface area contributed by atoms with E-state index in [0.717, 1.165) is 13.0 Å². The van der Waals surface area contributed by atoms with Gasteiger partial charge in [-0.15, -0.1) is 6.58 Å². The minimum atomic E-state index is -0.0354. The quantitative estimate of drug-likeness (QED) is 0.610. The minimum Gasteiger partial charge on any atom is -0.341 e. The van der Waals surface area contributed by atoms with E-state index in [2.05, 4.69) is 11.9 Å². The monoisotopic (exact) mass is 156 g/mol. The fourth-order valence-electron chi connectivity index (χ4n) is 0.860. The molecule has 0 saturated carbocycles. The molecule has 0 spiro atoms. The number of hydrogen-bond donors (Lipinski definition) is 1. The van der Waals surface area contributed by atoms with Crippen LogP contribution in [0.3, 0.4) is 0 Å². The summed E-state index contributed by atoms with van der Waals surface area (Å²) in [5.41, 5.74) is 0. The second-order valence-electron chi connectivity index (χ2n) is 2.29. The summed E-state index contributed by atoms with van der Waals surface area (Å²) in [6, 6.07) is -0.0354. The second-order valence-corrected chi connectivity index (χ2v) is 2.29. The van der Waals surface area contributed by atoms with E-state index >= 15 is 0 Å². The smallest absolute Gasteiger partial charge is 0.317 e. The SMILES string of the molecule is C=CCN(CCC)C(=O)NC. The first-order valence-electron chi connectivity index (χ1n) is 3.83. The van der Waals surface area contributed by atoms with Crippen LogP contribution in [0.4, 0.5) is 4.79 Å². The van der Waals surface area contributed by atoms with Crippen molar-refractivity contribution in [1.29, 1.82) is 0 Å². The molecular weight excluding hydrogens is 140 g/mol. The predicted octanol–water partition coefficient (Wildman–Crippen LogP) is 1.22. The molecule has 0 fully saturated rings. The highest BCUT2D eigenvalue weighted by atomic mass is 16.2. The molecule has 3 nitrogen and oxygen atoms in total. The highest BCUT2D eigenvalue weighted by molar-refractivity contribution is 5.73. The van der Waals surface area contributed by atoms with Crippen molar-refractivity contribution >= 4 is 6.03 Å². The maximum Gasteiger partial charge on any atom is 0.317 e. The third-order valence-corrected chi connectivity index (χ3v) is 1.34. The summed E-state index contributed by atoms with van der Waals surface area (Å²) < 4.78 is 0. The first-order valence-corrected chi connectivity index (χ1v) is 3.83. The van der Waals surface area contributed by atoms with Gasteiger partial charge in [0.2, 0.25) is 0 Å². The van der Waals surface area contributed by atoms with E-state index in [1.165, 1.54) is 0 Å². The number of amides is 2. The van der Waals surface area contributed by atoms with Gasteiger partial charge in [-0.2, -0.15) is 0 Å². The number of urea groups is 1. The van der Waals surface area contributed by atoms with Crippen molar-refractivity contribution in [3.8, 4) is 0 Å². The van der Waals surface area contributed by atoms with Crippen LogP contribution in [0.15, 0.2) is 12.7 Å². The van der Waals surface area contributed by atoms with Crippen LogP contribution < -0.4 is 5.32 Å². The Bertz CT molecular complexity index is 134. The lowest BCUT2D eigenvalue weighted by Crippen LogP contribution is -2.38. The number of hydrogen-bond acceptors (Lipinski definition) is 1. The summed E-state index contributed by atoms with van der Waals surface area (Å²) in [5, 5.41) is 2.57. The summed E-state index contributed by atoms with van der Waals surface area (Å²) in [6.07, 6.45) is 2.70. The summed E-state index contributed by atoms with van der Waals surface area (Å²) in [4.78, 5) is 12.8. The molecule has 0 aromatic heterocycles. The molecule has 0 saturated heterocycles. The number of nitrogens with one attached hydrogen (secondary N) is 1. The van der Waals surface area contributed by atoms with E-state index in [1.807, 2.05) is 6.92 Å². The molecule has 2 amide bonds. The van der Waals surface area contributed by atoms with Gasteiger partial charge in [-0.3, -0.25) is 0 Å². The third kappa shape index (κ3) is 3.65. The topological polar surface area (TPSA) is 32.3 Å². The van der Waals surface area contributed by atoms with Gasteiger partial charge in [0.25, 0.3) is 0 Å². The first-order chi connectivity index (χ1) is 5.26. The fraction of sp³-hybridized carbons (Fsp3) is 0.625. The number of rotatable bonds is 4. The van der Waals surface area contributed by atoms with E-state index < -0.39 is 0 Å². The molecule has 0 aliphatic carbocycles. The van der Waals surface area contributed by atoms with Crippen molar-refractivity contribution in [3.05, 3.63) is 12.7 Å². The molecule has 11 heavy (non-hydrogen) atoms. The maximum atomic E-state index is 11.1. The molecule has 0 radical (unpaired) electrons. The van der Waals surface area contributed by atoms with Gasteiger partial charge in [0, 0.05) is 20.1 Å². The predicted molar refractivity (Wildman–Crippen MR) is 46.5 cm³/mol. The Kier molecular flexibility index (Phi) is 5.25. The zero-order valence-corrected chi connectivity index (χ0v) is 7.26. The highest BCUT2D eigenvalue weighted by Crippen LogP contribution is 1.91. The van der Waals surface area contributed by atoms with Crippen LogP contribution in [0.2, 0.25) is 0 Å². The summed E-state index contributed by atoms with van der Waals surface area (Å²) in [5.74, 6) is 0. The molecule has 0 aliphatic rings. The molecule has 0 aromatic carbocycles. The summed E-state index contributed by atoms with van der Waals surface area (Å²) >= 11 is 0. The van der Waals surface area contributed by atoms with Gasteiger partial charge in [-0.05, 0) is 6.42 Å². The van der Waals surface area contributed by atoms with E-state index in [-0.39, 0.29) is 6.03 Å². The molecule has 1 N–H and O–H groups in total. The zero-order valence-electron chi connectivity index (χ0n) is 7.26. The Hall–Kier alpha value is -0.990. The molecule has 0 atom stereocenters.